The monoisotopic (exact) mass is 469 g/mol. The van der Waals surface area contributed by atoms with E-state index in [0.29, 0.717) is 11.6 Å². The fourth-order valence-electron chi connectivity index (χ4n) is 5.10. The van der Waals surface area contributed by atoms with Gasteiger partial charge in [0.1, 0.15) is 11.3 Å². The number of para-hydroxylation sites is 1. The number of hydrogen-bond donors (Lipinski definition) is 0. The largest absolute Gasteiger partial charge is 0.492 e. The number of hydrogen-bond acceptors (Lipinski definition) is 5. The molecule has 1 saturated heterocycles. The first kappa shape index (κ1) is 21.5. The molecule has 1 aromatic heterocycles. The van der Waals surface area contributed by atoms with Crippen molar-refractivity contribution in [3.05, 3.63) is 53.1 Å². The van der Waals surface area contributed by atoms with E-state index in [4.69, 9.17) is 21.3 Å². The van der Waals surface area contributed by atoms with Crippen LogP contribution in [0.5, 0.6) is 5.75 Å². The van der Waals surface area contributed by atoms with Gasteiger partial charge in [0.15, 0.2) is 5.13 Å². The number of nitrogens with zero attached hydrogens (tertiary/aromatic N) is 3. The maximum Gasteiger partial charge on any atom is 0.233 e. The zero-order valence-corrected chi connectivity index (χ0v) is 19.9. The quantitative estimate of drug-likeness (QED) is 0.494. The normalized spacial score (nSPS) is 18.3. The molecule has 1 aliphatic heterocycles. The Morgan fingerprint density at radius 2 is 1.81 bits per heavy atom. The lowest BCUT2D eigenvalue weighted by Gasteiger charge is -2.40. The van der Waals surface area contributed by atoms with Crippen LogP contribution < -0.4 is 9.64 Å². The van der Waals surface area contributed by atoms with Crippen molar-refractivity contribution in [2.45, 2.75) is 38.0 Å². The average molecular weight is 470 g/mol. The summed E-state index contributed by atoms with van der Waals surface area (Å²) in [6.07, 6.45) is 4.04. The van der Waals surface area contributed by atoms with Gasteiger partial charge in [0.2, 0.25) is 5.91 Å². The van der Waals surface area contributed by atoms with Gasteiger partial charge in [0.05, 0.1) is 16.7 Å². The summed E-state index contributed by atoms with van der Waals surface area (Å²) in [6, 6.07) is 14.0. The summed E-state index contributed by atoms with van der Waals surface area (Å²) < 4.78 is 6.89. The number of rotatable bonds is 5. The standard InChI is InChI=1S/C25H28ClN3O2S/c1-2-31-20-6-5-7-21-22(20)27-24(32-21)29-16-14-28(15-17-29)23(30)25(12-3-4-13-25)18-8-10-19(26)11-9-18/h5-11H,2-4,12-17H2,1H3. The Bertz CT molecular complexity index is 1100. The number of carbonyl (C=O) groups is 1. The summed E-state index contributed by atoms with van der Waals surface area (Å²) in [4.78, 5) is 23.0. The predicted molar refractivity (Wildman–Crippen MR) is 131 cm³/mol. The van der Waals surface area contributed by atoms with E-state index >= 15 is 0 Å². The molecule has 5 rings (SSSR count). The topological polar surface area (TPSA) is 45.7 Å². The number of benzene rings is 2. The van der Waals surface area contributed by atoms with Crippen LogP contribution in [0.15, 0.2) is 42.5 Å². The van der Waals surface area contributed by atoms with E-state index in [9.17, 15) is 4.79 Å². The molecule has 2 heterocycles. The fourth-order valence-corrected chi connectivity index (χ4v) is 6.26. The molecule has 3 aromatic rings. The van der Waals surface area contributed by atoms with E-state index < -0.39 is 5.41 Å². The van der Waals surface area contributed by atoms with Gasteiger partial charge in [-0.05, 0) is 49.6 Å². The maximum absolute atomic E-state index is 13.8. The van der Waals surface area contributed by atoms with Crippen molar-refractivity contribution in [3.8, 4) is 5.75 Å². The van der Waals surface area contributed by atoms with Gasteiger partial charge >= 0.3 is 0 Å². The van der Waals surface area contributed by atoms with Crippen LogP contribution in [-0.4, -0.2) is 48.6 Å². The molecule has 1 saturated carbocycles. The Hall–Kier alpha value is -2.31. The third-order valence-corrected chi connectivity index (χ3v) is 8.10. The zero-order chi connectivity index (χ0) is 22.1. The van der Waals surface area contributed by atoms with E-state index in [1.165, 1.54) is 0 Å². The van der Waals surface area contributed by atoms with Crippen LogP contribution in [0, 0.1) is 0 Å². The minimum atomic E-state index is -0.394. The lowest BCUT2D eigenvalue weighted by molar-refractivity contribution is -0.137. The van der Waals surface area contributed by atoms with Gasteiger partial charge in [-0.3, -0.25) is 4.79 Å². The van der Waals surface area contributed by atoms with E-state index in [2.05, 4.69) is 15.9 Å². The van der Waals surface area contributed by atoms with Crippen LogP contribution in [0.2, 0.25) is 5.02 Å². The lowest BCUT2D eigenvalue weighted by atomic mass is 9.77. The fraction of sp³-hybridized carbons (Fsp3) is 0.440. The van der Waals surface area contributed by atoms with Crippen molar-refractivity contribution in [1.29, 1.82) is 0 Å². The predicted octanol–water partition coefficient (Wildman–Crippen LogP) is 5.51. The van der Waals surface area contributed by atoms with E-state index in [1.54, 1.807) is 11.3 Å². The third kappa shape index (κ3) is 3.84. The molecular weight excluding hydrogens is 442 g/mol. The highest BCUT2D eigenvalue weighted by atomic mass is 35.5. The van der Waals surface area contributed by atoms with Gasteiger partial charge in [0, 0.05) is 31.2 Å². The highest BCUT2D eigenvalue weighted by Gasteiger charge is 2.45. The number of thiazole rings is 1. The summed E-state index contributed by atoms with van der Waals surface area (Å²) >= 11 is 7.80. The van der Waals surface area contributed by atoms with Crippen molar-refractivity contribution in [2.24, 2.45) is 0 Å². The number of aromatic nitrogens is 1. The average Bonchev–Trinajstić information content (AvgIpc) is 3.48. The highest BCUT2D eigenvalue weighted by molar-refractivity contribution is 7.22. The molecule has 1 aliphatic carbocycles. The van der Waals surface area contributed by atoms with Crippen molar-refractivity contribution in [3.63, 3.8) is 0 Å². The first-order valence-corrected chi connectivity index (χ1v) is 12.6. The second kappa shape index (κ2) is 8.91. The number of fused-ring (bicyclic) bond motifs is 1. The zero-order valence-electron chi connectivity index (χ0n) is 18.3. The van der Waals surface area contributed by atoms with Crippen molar-refractivity contribution >= 4 is 44.2 Å². The second-order valence-electron chi connectivity index (χ2n) is 8.61. The molecule has 5 nitrogen and oxygen atoms in total. The second-order valence-corrected chi connectivity index (χ2v) is 10.1. The highest BCUT2D eigenvalue weighted by Crippen LogP contribution is 2.43. The SMILES string of the molecule is CCOc1cccc2sc(N3CCN(C(=O)C4(c5ccc(Cl)cc5)CCCC4)CC3)nc12. The molecule has 0 bridgehead atoms. The van der Waals surface area contributed by atoms with Crippen molar-refractivity contribution < 1.29 is 9.53 Å². The number of ether oxygens (including phenoxy) is 1. The van der Waals surface area contributed by atoms with Crippen LogP contribution >= 0.6 is 22.9 Å². The van der Waals surface area contributed by atoms with Crippen LogP contribution in [-0.2, 0) is 10.2 Å². The van der Waals surface area contributed by atoms with Gasteiger partial charge in [-0.25, -0.2) is 4.98 Å². The molecule has 0 radical (unpaired) electrons. The van der Waals surface area contributed by atoms with Crippen LogP contribution in [0.3, 0.4) is 0 Å². The Morgan fingerprint density at radius 3 is 2.50 bits per heavy atom. The Labute approximate surface area is 197 Å². The third-order valence-electron chi connectivity index (χ3n) is 6.77. The minimum Gasteiger partial charge on any atom is -0.492 e. The van der Waals surface area contributed by atoms with E-state index in [1.807, 2.05) is 43.3 Å². The molecule has 168 valence electrons. The molecule has 2 aliphatic rings. The summed E-state index contributed by atoms with van der Waals surface area (Å²) in [5.74, 6) is 1.12. The number of anilines is 1. The summed E-state index contributed by atoms with van der Waals surface area (Å²) in [5.41, 5.74) is 1.65. The smallest absolute Gasteiger partial charge is 0.233 e. The molecule has 0 spiro atoms. The van der Waals surface area contributed by atoms with Gasteiger partial charge in [0.25, 0.3) is 0 Å². The number of carbonyl (C=O) groups excluding carboxylic acids is 1. The maximum atomic E-state index is 13.8. The first-order valence-electron chi connectivity index (χ1n) is 11.4. The molecule has 2 aromatic carbocycles. The van der Waals surface area contributed by atoms with E-state index in [0.717, 1.165) is 78.5 Å². The van der Waals surface area contributed by atoms with Crippen LogP contribution in [0.4, 0.5) is 5.13 Å². The van der Waals surface area contributed by atoms with Crippen molar-refractivity contribution in [1.82, 2.24) is 9.88 Å². The van der Waals surface area contributed by atoms with Crippen molar-refractivity contribution in [2.75, 3.05) is 37.7 Å². The van der Waals surface area contributed by atoms with Crippen LogP contribution in [0.1, 0.15) is 38.2 Å². The summed E-state index contributed by atoms with van der Waals surface area (Å²) in [7, 11) is 0. The molecule has 32 heavy (non-hydrogen) atoms. The van der Waals surface area contributed by atoms with Gasteiger partial charge < -0.3 is 14.5 Å². The summed E-state index contributed by atoms with van der Waals surface area (Å²) in [5, 5.41) is 1.72. The van der Waals surface area contributed by atoms with Gasteiger partial charge in [-0.1, -0.05) is 54.0 Å². The molecule has 1 amide bonds. The molecule has 0 atom stereocenters. The Balaban J connectivity index is 1.32. The number of piperazine rings is 1. The number of halogens is 1. The molecule has 0 unspecified atom stereocenters. The van der Waals surface area contributed by atoms with Gasteiger partial charge in [-0.2, -0.15) is 0 Å². The number of amides is 1. The van der Waals surface area contributed by atoms with E-state index in [-0.39, 0.29) is 5.91 Å². The molecule has 0 N–H and O–H groups in total. The minimum absolute atomic E-state index is 0.278. The Morgan fingerprint density at radius 1 is 1.09 bits per heavy atom. The van der Waals surface area contributed by atoms with Crippen LogP contribution in [0.25, 0.3) is 10.2 Å². The lowest BCUT2D eigenvalue weighted by Crippen LogP contribution is -2.54. The molecule has 2 fully saturated rings. The summed E-state index contributed by atoms with van der Waals surface area (Å²) in [6.45, 7) is 5.66. The first-order chi connectivity index (χ1) is 15.6. The molecular formula is C25H28ClN3O2S. The molecule has 7 heteroatoms. The Kier molecular flexibility index (Phi) is 5.99. The van der Waals surface area contributed by atoms with Gasteiger partial charge in [-0.15, -0.1) is 0 Å².